The van der Waals surface area contributed by atoms with Gasteiger partial charge in [0.15, 0.2) is 5.78 Å². The van der Waals surface area contributed by atoms with E-state index in [1.54, 1.807) is 6.92 Å². The van der Waals surface area contributed by atoms with Crippen LogP contribution >= 0.6 is 0 Å². The van der Waals surface area contributed by atoms with E-state index in [1.165, 1.54) is 19.1 Å². The van der Waals surface area contributed by atoms with E-state index in [9.17, 15) is 28.0 Å². The average Bonchev–Trinajstić information content (AvgIpc) is 2.53. The van der Waals surface area contributed by atoms with Gasteiger partial charge in [-0.1, -0.05) is 6.07 Å². The molecule has 8 heteroatoms. The molecule has 0 saturated carbocycles. The van der Waals surface area contributed by atoms with Crippen LogP contribution in [0.3, 0.4) is 0 Å². The van der Waals surface area contributed by atoms with Gasteiger partial charge in [-0.2, -0.15) is 0 Å². The third kappa shape index (κ3) is 4.68. The number of piperidine rings is 1. The number of ketones is 1. The highest BCUT2D eigenvalue weighted by atomic mass is 19.1. The fourth-order valence-corrected chi connectivity index (χ4v) is 2.14. The monoisotopic (exact) mass is 340 g/mol. The number of hydrogen-bond acceptors (Lipinski definition) is 4. The molecule has 3 amide bonds. The molecule has 130 valence electrons. The molecule has 6 nitrogen and oxygen atoms in total. The number of amides is 3. The molecule has 1 heterocycles. The molecule has 1 aromatic rings. The van der Waals surface area contributed by atoms with Crippen LogP contribution in [-0.2, 0) is 14.4 Å². The Balaban J connectivity index is 0.000000891. The molecule has 24 heavy (non-hydrogen) atoms. The zero-order valence-corrected chi connectivity index (χ0v) is 13.3. The predicted octanol–water partition coefficient (Wildman–Crippen LogP) is 1.17. The van der Waals surface area contributed by atoms with Gasteiger partial charge in [-0.05, 0) is 31.5 Å². The first kappa shape index (κ1) is 19.4. The molecule has 1 atom stereocenters. The molecule has 1 saturated heterocycles. The lowest BCUT2D eigenvalue weighted by Gasteiger charge is -2.29. The van der Waals surface area contributed by atoms with Gasteiger partial charge >= 0.3 is 0 Å². The summed E-state index contributed by atoms with van der Waals surface area (Å²) in [4.78, 5) is 47.1. The average molecular weight is 340 g/mol. The van der Waals surface area contributed by atoms with Gasteiger partial charge in [-0.15, -0.1) is 0 Å². The Hall–Kier alpha value is -2.64. The summed E-state index contributed by atoms with van der Waals surface area (Å²) in [5.41, 5.74) is 0.493. The molecule has 0 bridgehead atoms. The predicted molar refractivity (Wildman–Crippen MR) is 81.4 cm³/mol. The largest absolute Gasteiger partial charge is 0.353 e. The highest BCUT2D eigenvalue weighted by Crippen LogP contribution is 2.16. The zero-order chi connectivity index (χ0) is 18.3. The number of nitrogens with zero attached hydrogens (tertiary/aromatic N) is 1. The highest BCUT2D eigenvalue weighted by molar-refractivity contribution is 6.09. The number of rotatable bonds is 3. The number of imide groups is 1. The van der Waals surface area contributed by atoms with E-state index in [-0.39, 0.29) is 31.6 Å². The molecule has 1 fully saturated rings. The van der Waals surface area contributed by atoms with Crippen molar-refractivity contribution >= 4 is 24.0 Å². The number of nitrogens with one attached hydrogen (secondary N) is 1. The van der Waals surface area contributed by atoms with Crippen molar-refractivity contribution in [3.63, 3.8) is 0 Å². The Labute approximate surface area is 137 Å². The van der Waals surface area contributed by atoms with Crippen LogP contribution in [0, 0.1) is 12.7 Å². The molecule has 1 unspecified atom stereocenters. The second-order valence-electron chi connectivity index (χ2n) is 5.01. The molecule has 0 aromatic heterocycles. The van der Waals surface area contributed by atoms with Crippen molar-refractivity contribution in [1.82, 2.24) is 10.2 Å². The fraction of sp³-hybridized carbons (Fsp3) is 0.375. The number of alkyl halides is 1. The van der Waals surface area contributed by atoms with E-state index < -0.39 is 29.5 Å². The number of benzene rings is 1. The van der Waals surface area contributed by atoms with Crippen molar-refractivity contribution in [2.45, 2.75) is 26.3 Å². The van der Waals surface area contributed by atoms with Crippen LogP contribution in [0.1, 0.15) is 29.3 Å². The van der Waals surface area contributed by atoms with Crippen molar-refractivity contribution in [3.05, 3.63) is 35.1 Å². The number of carbonyl (C=O) groups excluding carboxylic acids is 4. The number of hydrogen-bond donors (Lipinski definition) is 1. The van der Waals surface area contributed by atoms with Crippen LogP contribution in [0.25, 0.3) is 0 Å². The molecule has 0 radical (unpaired) electrons. The van der Waals surface area contributed by atoms with E-state index in [0.29, 0.717) is 10.5 Å². The summed E-state index contributed by atoms with van der Waals surface area (Å²) in [5.74, 6) is -2.35. The number of halogens is 2. The quantitative estimate of drug-likeness (QED) is 0.661. The lowest BCUT2D eigenvalue weighted by molar-refractivity contribution is -0.137. The first-order chi connectivity index (χ1) is 11.3. The van der Waals surface area contributed by atoms with Gasteiger partial charge in [0.2, 0.25) is 12.3 Å². The van der Waals surface area contributed by atoms with Crippen molar-refractivity contribution < 1.29 is 28.0 Å². The minimum absolute atomic E-state index is 0.00630. The van der Waals surface area contributed by atoms with Crippen LogP contribution < -0.4 is 5.32 Å². The van der Waals surface area contributed by atoms with Gasteiger partial charge < -0.3 is 5.32 Å². The number of Topliss-reactive ketones (excluding diaryl/α,β-unsaturated/α-hetero) is 1. The smallest absolute Gasteiger partial charge is 0.261 e. The van der Waals surface area contributed by atoms with Crippen LogP contribution in [-0.4, -0.2) is 48.2 Å². The van der Waals surface area contributed by atoms with E-state index >= 15 is 0 Å². The first-order valence-electron chi connectivity index (χ1n) is 7.25. The van der Waals surface area contributed by atoms with E-state index in [2.05, 4.69) is 5.32 Å². The minimum Gasteiger partial charge on any atom is -0.353 e. The zero-order valence-electron chi connectivity index (χ0n) is 13.3. The molecule has 0 spiro atoms. The summed E-state index contributed by atoms with van der Waals surface area (Å²) in [6, 6.07) is 2.56. The van der Waals surface area contributed by atoms with Crippen LogP contribution in [0.2, 0.25) is 0 Å². The van der Waals surface area contributed by atoms with Gasteiger partial charge in [0, 0.05) is 12.1 Å². The molecule has 1 aromatic carbocycles. The normalized spacial score (nSPS) is 16.6. The van der Waals surface area contributed by atoms with Crippen molar-refractivity contribution in [3.8, 4) is 0 Å². The Morgan fingerprint density at radius 3 is 2.58 bits per heavy atom. The molecule has 1 N–H and O–H groups in total. The van der Waals surface area contributed by atoms with E-state index in [1.807, 2.05) is 0 Å². The van der Waals surface area contributed by atoms with Gasteiger partial charge in [-0.25, -0.2) is 4.39 Å². The number of aryl methyl sites for hydroxylation is 1. The fourth-order valence-electron chi connectivity index (χ4n) is 2.14. The maximum absolute atomic E-state index is 13.3. The van der Waals surface area contributed by atoms with E-state index in [4.69, 9.17) is 0 Å². The lowest BCUT2D eigenvalue weighted by Crippen LogP contribution is -2.55. The van der Waals surface area contributed by atoms with Gasteiger partial charge in [0.05, 0.1) is 13.1 Å². The Bertz CT molecular complexity index is 649. The van der Waals surface area contributed by atoms with E-state index in [0.717, 1.165) is 6.07 Å². The van der Waals surface area contributed by atoms with Crippen molar-refractivity contribution in [2.24, 2.45) is 0 Å². The van der Waals surface area contributed by atoms with Gasteiger partial charge in [-0.3, -0.25) is 28.5 Å². The summed E-state index contributed by atoms with van der Waals surface area (Å²) < 4.78 is 23.6. The third-order valence-corrected chi connectivity index (χ3v) is 3.31. The second kappa shape index (κ2) is 8.85. The first-order valence-corrected chi connectivity index (χ1v) is 7.25. The topological polar surface area (TPSA) is 83.6 Å². The van der Waals surface area contributed by atoms with Crippen LogP contribution in [0.4, 0.5) is 8.78 Å². The summed E-state index contributed by atoms with van der Waals surface area (Å²) in [6.45, 7) is 2.68. The summed E-state index contributed by atoms with van der Waals surface area (Å²) in [5, 5.41) is 2.42. The maximum Gasteiger partial charge on any atom is 0.261 e. The Morgan fingerprint density at radius 2 is 2.04 bits per heavy atom. The Kier molecular flexibility index (Phi) is 7.16. The van der Waals surface area contributed by atoms with Gasteiger partial charge in [0.25, 0.3) is 5.91 Å². The van der Waals surface area contributed by atoms with Crippen molar-refractivity contribution in [1.29, 1.82) is 0 Å². The van der Waals surface area contributed by atoms with Crippen LogP contribution in [0.5, 0.6) is 0 Å². The molecule has 0 aliphatic carbocycles. The minimum atomic E-state index is -1.06. The molecular weight excluding hydrogens is 322 g/mol. The molecule has 2 rings (SSSR count). The third-order valence-electron chi connectivity index (χ3n) is 3.31. The Morgan fingerprint density at radius 1 is 1.42 bits per heavy atom. The van der Waals surface area contributed by atoms with Gasteiger partial charge in [0.1, 0.15) is 11.9 Å². The SMILES string of the molecule is CCF.Cc1ccc(F)cc1C(=O)N(C=O)C1CNC(=O)CC1=O. The summed E-state index contributed by atoms with van der Waals surface area (Å²) in [7, 11) is 0. The standard InChI is InChI=1S/C14H13FN2O4.C2H5F/c1-8-2-3-9(15)4-10(8)14(21)17(7-18)11-6-16-13(20)5-12(11)19;1-2-3/h2-4,7,11H,5-6H2,1H3,(H,16,20);2H2,1H3. The number of carbonyl (C=O) groups is 4. The van der Waals surface area contributed by atoms with Crippen LogP contribution in [0.15, 0.2) is 18.2 Å². The lowest BCUT2D eigenvalue weighted by atomic mass is 10.0. The molecular formula is C16H18F2N2O4. The maximum atomic E-state index is 13.3. The molecule has 1 aliphatic rings. The summed E-state index contributed by atoms with van der Waals surface area (Å²) in [6.07, 6.45) is -0.156. The molecule has 1 aliphatic heterocycles. The summed E-state index contributed by atoms with van der Waals surface area (Å²) >= 11 is 0. The highest BCUT2D eigenvalue weighted by Gasteiger charge is 2.35. The van der Waals surface area contributed by atoms with Crippen molar-refractivity contribution in [2.75, 3.05) is 13.2 Å². The second-order valence-corrected chi connectivity index (χ2v) is 5.01.